The minimum Gasteiger partial charge on any atom is -0.468 e. The van der Waals surface area contributed by atoms with Crippen LogP contribution in [0.4, 0.5) is 0 Å². The van der Waals surface area contributed by atoms with E-state index in [0.29, 0.717) is 0 Å². The Morgan fingerprint density at radius 1 is 1.20 bits per heavy atom. The summed E-state index contributed by atoms with van der Waals surface area (Å²) >= 11 is 1.72. The number of allylic oxidation sites excluding steroid dienone is 1. The van der Waals surface area contributed by atoms with Gasteiger partial charge in [0, 0.05) is 11.3 Å². The first kappa shape index (κ1) is 10.1. The van der Waals surface area contributed by atoms with Crippen LogP contribution in [0.25, 0.3) is 0 Å². The van der Waals surface area contributed by atoms with Gasteiger partial charge < -0.3 is 4.42 Å². The molecule has 1 aromatic heterocycles. The predicted molar refractivity (Wildman–Crippen MR) is 63.2 cm³/mol. The third-order valence-electron chi connectivity index (χ3n) is 2.01. The lowest BCUT2D eigenvalue weighted by Gasteiger charge is -2.00. The first-order valence-electron chi connectivity index (χ1n) is 4.80. The number of furan rings is 1. The molecule has 0 amide bonds. The molecule has 0 aliphatic rings. The highest BCUT2D eigenvalue weighted by atomic mass is 32.2. The van der Waals surface area contributed by atoms with Crippen molar-refractivity contribution in [3.63, 3.8) is 0 Å². The average molecular weight is 216 g/mol. The summed E-state index contributed by atoms with van der Waals surface area (Å²) in [4.78, 5) is 2.39. The van der Waals surface area contributed by atoms with E-state index < -0.39 is 0 Å². The third kappa shape index (κ3) is 2.54. The van der Waals surface area contributed by atoms with Gasteiger partial charge in [-0.3, -0.25) is 0 Å². The zero-order chi connectivity index (χ0) is 10.5. The van der Waals surface area contributed by atoms with Crippen molar-refractivity contribution < 1.29 is 4.42 Å². The van der Waals surface area contributed by atoms with Gasteiger partial charge in [0.1, 0.15) is 5.76 Å². The van der Waals surface area contributed by atoms with Crippen LogP contribution in [0.3, 0.4) is 0 Å². The summed E-state index contributed by atoms with van der Waals surface area (Å²) in [5.41, 5.74) is 0. The van der Waals surface area contributed by atoms with Crippen molar-refractivity contribution in [2.45, 2.75) is 16.2 Å². The van der Waals surface area contributed by atoms with E-state index in [1.807, 2.05) is 30.3 Å². The zero-order valence-corrected chi connectivity index (χ0v) is 9.17. The highest BCUT2D eigenvalue weighted by molar-refractivity contribution is 7.99. The van der Waals surface area contributed by atoms with Crippen LogP contribution < -0.4 is 0 Å². The maximum Gasteiger partial charge on any atom is 0.121 e. The Labute approximate surface area is 93.8 Å². The number of benzene rings is 1. The first-order chi connectivity index (χ1) is 7.40. The molecule has 1 heterocycles. The molecule has 0 atom stereocenters. The Morgan fingerprint density at radius 3 is 2.73 bits per heavy atom. The van der Waals surface area contributed by atoms with Crippen LogP contribution >= 0.6 is 11.8 Å². The molecule has 1 nitrogen and oxygen atoms in total. The molecule has 0 unspecified atom stereocenters. The standard InChI is InChI=1S/C13H12OS/c1-2-6-12-13(9-10-14-12)15-11-7-4-3-5-8-11/h2-5,7-10H,1,6H2. The molecule has 0 saturated heterocycles. The van der Waals surface area contributed by atoms with Crippen molar-refractivity contribution in [3.8, 4) is 0 Å². The minimum atomic E-state index is 0.780. The lowest BCUT2D eigenvalue weighted by molar-refractivity contribution is 0.515. The van der Waals surface area contributed by atoms with Gasteiger partial charge in [0.15, 0.2) is 0 Å². The zero-order valence-electron chi connectivity index (χ0n) is 8.35. The summed E-state index contributed by atoms with van der Waals surface area (Å²) in [6.45, 7) is 3.71. The maximum atomic E-state index is 5.39. The Morgan fingerprint density at radius 2 is 2.00 bits per heavy atom. The van der Waals surface area contributed by atoms with E-state index in [4.69, 9.17) is 4.42 Å². The van der Waals surface area contributed by atoms with Crippen LogP contribution in [0, 0.1) is 0 Å². The predicted octanol–water partition coefficient (Wildman–Crippen LogP) is 4.16. The van der Waals surface area contributed by atoms with Gasteiger partial charge in [-0.2, -0.15) is 0 Å². The maximum absolute atomic E-state index is 5.39. The molecule has 0 aliphatic carbocycles. The van der Waals surface area contributed by atoms with Crippen molar-refractivity contribution in [1.82, 2.24) is 0 Å². The van der Waals surface area contributed by atoms with Crippen molar-refractivity contribution >= 4 is 11.8 Å². The molecule has 0 radical (unpaired) electrons. The van der Waals surface area contributed by atoms with Gasteiger partial charge in [0.25, 0.3) is 0 Å². The molecule has 15 heavy (non-hydrogen) atoms. The summed E-state index contributed by atoms with van der Waals surface area (Å²) in [6, 6.07) is 12.3. The molecule has 0 spiro atoms. The van der Waals surface area contributed by atoms with E-state index in [2.05, 4.69) is 18.7 Å². The Hall–Kier alpha value is -1.41. The van der Waals surface area contributed by atoms with E-state index in [-0.39, 0.29) is 0 Å². The monoisotopic (exact) mass is 216 g/mol. The van der Waals surface area contributed by atoms with Crippen LogP contribution in [-0.4, -0.2) is 0 Å². The molecule has 0 N–H and O–H groups in total. The van der Waals surface area contributed by atoms with Gasteiger partial charge in [0.05, 0.1) is 11.2 Å². The first-order valence-corrected chi connectivity index (χ1v) is 5.62. The molecular formula is C13H12OS. The van der Waals surface area contributed by atoms with Crippen LogP contribution in [0.15, 0.2) is 69.5 Å². The second-order valence-corrected chi connectivity index (χ2v) is 4.23. The highest BCUT2D eigenvalue weighted by Gasteiger charge is 2.05. The SMILES string of the molecule is C=CCc1occc1Sc1ccccc1. The van der Waals surface area contributed by atoms with E-state index in [0.717, 1.165) is 12.2 Å². The van der Waals surface area contributed by atoms with Crippen molar-refractivity contribution in [3.05, 3.63) is 61.1 Å². The summed E-state index contributed by atoms with van der Waals surface area (Å²) in [5, 5.41) is 0. The third-order valence-corrected chi connectivity index (χ3v) is 3.10. The number of rotatable bonds is 4. The molecule has 76 valence electrons. The number of hydrogen-bond acceptors (Lipinski definition) is 2. The van der Waals surface area contributed by atoms with Crippen molar-refractivity contribution in [1.29, 1.82) is 0 Å². The molecule has 2 rings (SSSR count). The molecular weight excluding hydrogens is 204 g/mol. The quantitative estimate of drug-likeness (QED) is 0.712. The Balaban J connectivity index is 2.17. The van der Waals surface area contributed by atoms with Gasteiger partial charge in [-0.05, 0) is 18.2 Å². The molecule has 0 fully saturated rings. The van der Waals surface area contributed by atoms with Crippen LogP contribution in [0.2, 0.25) is 0 Å². The molecule has 0 aliphatic heterocycles. The summed E-state index contributed by atoms with van der Waals surface area (Å²) in [7, 11) is 0. The molecule has 2 heteroatoms. The van der Waals surface area contributed by atoms with Gasteiger partial charge >= 0.3 is 0 Å². The summed E-state index contributed by atoms with van der Waals surface area (Å²) in [5.74, 6) is 0.985. The fraction of sp³-hybridized carbons (Fsp3) is 0.0769. The van der Waals surface area contributed by atoms with Crippen LogP contribution in [-0.2, 0) is 6.42 Å². The molecule has 0 bridgehead atoms. The lowest BCUT2D eigenvalue weighted by Crippen LogP contribution is -1.79. The Bertz CT molecular complexity index is 431. The van der Waals surface area contributed by atoms with E-state index >= 15 is 0 Å². The largest absolute Gasteiger partial charge is 0.468 e. The molecule has 1 aromatic carbocycles. The second kappa shape index (κ2) is 4.89. The Kier molecular flexibility index (Phi) is 3.30. The summed E-state index contributed by atoms with van der Waals surface area (Å²) < 4.78 is 5.39. The van der Waals surface area contributed by atoms with Crippen molar-refractivity contribution in [2.75, 3.05) is 0 Å². The normalized spacial score (nSPS) is 10.1. The van der Waals surface area contributed by atoms with E-state index in [1.54, 1.807) is 18.0 Å². The van der Waals surface area contributed by atoms with Crippen LogP contribution in [0.5, 0.6) is 0 Å². The number of hydrogen-bond donors (Lipinski definition) is 0. The average Bonchev–Trinajstić information content (AvgIpc) is 2.68. The van der Waals surface area contributed by atoms with Gasteiger partial charge in [-0.1, -0.05) is 36.0 Å². The van der Waals surface area contributed by atoms with Gasteiger partial charge in [-0.25, -0.2) is 0 Å². The topological polar surface area (TPSA) is 13.1 Å². The fourth-order valence-corrected chi connectivity index (χ4v) is 2.23. The van der Waals surface area contributed by atoms with Gasteiger partial charge in [-0.15, -0.1) is 6.58 Å². The smallest absolute Gasteiger partial charge is 0.121 e. The van der Waals surface area contributed by atoms with Gasteiger partial charge in [0.2, 0.25) is 0 Å². The fourth-order valence-electron chi connectivity index (χ4n) is 1.32. The van der Waals surface area contributed by atoms with E-state index in [1.165, 1.54) is 9.79 Å². The summed E-state index contributed by atoms with van der Waals surface area (Å²) in [6.07, 6.45) is 4.36. The highest BCUT2D eigenvalue weighted by Crippen LogP contribution is 2.31. The molecule has 0 saturated carbocycles. The molecule has 2 aromatic rings. The lowest BCUT2D eigenvalue weighted by atomic mass is 10.3. The second-order valence-electron chi connectivity index (χ2n) is 3.12. The van der Waals surface area contributed by atoms with Crippen LogP contribution in [0.1, 0.15) is 5.76 Å². The van der Waals surface area contributed by atoms with Crippen molar-refractivity contribution in [2.24, 2.45) is 0 Å². The minimum absolute atomic E-state index is 0.780. The van der Waals surface area contributed by atoms with E-state index in [9.17, 15) is 0 Å².